The van der Waals surface area contributed by atoms with Crippen LogP contribution in [0.4, 0.5) is 5.69 Å². The fourth-order valence-corrected chi connectivity index (χ4v) is 3.36. The number of ether oxygens (including phenoxy) is 1. The van der Waals surface area contributed by atoms with Crippen LogP contribution in [0.15, 0.2) is 60.7 Å². The number of carbonyl (C=O) groups excluding carboxylic acids is 3. The maximum atomic E-state index is 12.5. The third-order valence-electron chi connectivity index (χ3n) is 5.25. The summed E-state index contributed by atoms with van der Waals surface area (Å²) in [5.74, 6) is -1.45. The predicted octanol–water partition coefficient (Wildman–Crippen LogP) is 3.93. The molecule has 0 aliphatic rings. The molecule has 0 radical (unpaired) electrons. The molecule has 7 nitrogen and oxygen atoms in total. The van der Waals surface area contributed by atoms with Crippen molar-refractivity contribution < 1.29 is 19.1 Å². The van der Waals surface area contributed by atoms with E-state index in [4.69, 9.17) is 4.74 Å². The molecule has 3 aromatic rings. The number of pyridine rings is 1. The number of hydrogen-bond donors (Lipinski definition) is 1. The first kappa shape index (κ1) is 23.7. The average Bonchev–Trinajstić information content (AvgIpc) is 2.80. The number of amides is 2. The topological polar surface area (TPSA) is 88.6 Å². The van der Waals surface area contributed by atoms with Gasteiger partial charge >= 0.3 is 5.97 Å². The number of nitrogens with zero attached hydrogens (tertiary/aromatic N) is 2. The largest absolute Gasteiger partial charge is 0.452 e. The molecule has 1 aromatic heterocycles. The van der Waals surface area contributed by atoms with Crippen LogP contribution in [0, 0.1) is 20.8 Å². The standard InChI is InChI=1S/C26H27N3O4/c1-17-9-8-10-18(2)25(17)28-23(30)15-29(4)24(31)16-33-26(32)21-13-14-22(27-19(21)3)20-11-6-5-7-12-20/h5-14H,15-16H2,1-4H3,(H,28,30). The summed E-state index contributed by atoms with van der Waals surface area (Å²) < 4.78 is 5.17. The van der Waals surface area contributed by atoms with E-state index in [9.17, 15) is 14.4 Å². The molecule has 0 bridgehead atoms. The summed E-state index contributed by atoms with van der Waals surface area (Å²) in [5.41, 5.74) is 5.10. The van der Waals surface area contributed by atoms with E-state index < -0.39 is 18.5 Å². The lowest BCUT2D eigenvalue weighted by Crippen LogP contribution is -2.37. The van der Waals surface area contributed by atoms with E-state index in [0.29, 0.717) is 5.69 Å². The number of benzene rings is 2. The Morgan fingerprint density at radius 1 is 0.909 bits per heavy atom. The molecule has 0 spiro atoms. The highest BCUT2D eigenvalue weighted by Crippen LogP contribution is 2.20. The number of hydrogen-bond acceptors (Lipinski definition) is 5. The van der Waals surface area contributed by atoms with Crippen molar-refractivity contribution in [2.75, 3.05) is 25.5 Å². The first-order chi connectivity index (χ1) is 15.8. The van der Waals surface area contributed by atoms with Gasteiger partial charge in [-0.15, -0.1) is 0 Å². The van der Waals surface area contributed by atoms with Crippen molar-refractivity contribution in [2.24, 2.45) is 0 Å². The highest BCUT2D eigenvalue weighted by atomic mass is 16.5. The predicted molar refractivity (Wildman–Crippen MR) is 127 cm³/mol. The highest BCUT2D eigenvalue weighted by Gasteiger charge is 2.18. The Balaban J connectivity index is 1.54. The molecule has 0 saturated carbocycles. The van der Waals surface area contributed by atoms with E-state index in [2.05, 4.69) is 10.3 Å². The Morgan fingerprint density at radius 2 is 1.58 bits per heavy atom. The zero-order valence-electron chi connectivity index (χ0n) is 19.2. The molecule has 0 unspecified atom stereocenters. The Labute approximate surface area is 193 Å². The average molecular weight is 446 g/mol. The zero-order chi connectivity index (χ0) is 24.0. The number of esters is 1. The van der Waals surface area contributed by atoms with Gasteiger partial charge in [0.25, 0.3) is 5.91 Å². The molecule has 2 aromatic carbocycles. The summed E-state index contributed by atoms with van der Waals surface area (Å²) in [4.78, 5) is 42.9. The van der Waals surface area contributed by atoms with E-state index >= 15 is 0 Å². The van der Waals surface area contributed by atoms with Gasteiger partial charge in [0, 0.05) is 18.3 Å². The van der Waals surface area contributed by atoms with Crippen LogP contribution in [0.25, 0.3) is 11.3 Å². The summed E-state index contributed by atoms with van der Waals surface area (Å²) in [7, 11) is 1.49. The molecule has 0 aliphatic carbocycles. The minimum Gasteiger partial charge on any atom is -0.452 e. The van der Waals surface area contributed by atoms with Crippen LogP contribution in [0.5, 0.6) is 0 Å². The van der Waals surface area contributed by atoms with Crippen molar-refractivity contribution in [3.05, 3.63) is 83.0 Å². The normalized spacial score (nSPS) is 10.4. The number of aryl methyl sites for hydroxylation is 3. The molecular formula is C26H27N3O4. The SMILES string of the molecule is Cc1cccc(C)c1NC(=O)CN(C)C(=O)COC(=O)c1ccc(-c2ccccc2)nc1C. The van der Waals surface area contributed by atoms with Crippen molar-refractivity contribution in [3.8, 4) is 11.3 Å². The van der Waals surface area contributed by atoms with E-state index in [1.807, 2.05) is 62.4 Å². The van der Waals surface area contributed by atoms with Crippen LogP contribution in [-0.2, 0) is 14.3 Å². The molecule has 0 atom stereocenters. The van der Waals surface area contributed by atoms with Crippen LogP contribution in [0.2, 0.25) is 0 Å². The van der Waals surface area contributed by atoms with Crippen molar-refractivity contribution in [3.63, 3.8) is 0 Å². The number of likely N-dealkylation sites (N-methyl/N-ethyl adjacent to an activating group) is 1. The van der Waals surface area contributed by atoms with Gasteiger partial charge in [0.05, 0.1) is 23.5 Å². The van der Waals surface area contributed by atoms with Crippen molar-refractivity contribution in [1.29, 1.82) is 0 Å². The zero-order valence-corrected chi connectivity index (χ0v) is 19.2. The Bertz CT molecular complexity index is 1160. The lowest BCUT2D eigenvalue weighted by Gasteiger charge is -2.18. The van der Waals surface area contributed by atoms with E-state index in [-0.39, 0.29) is 18.0 Å². The summed E-state index contributed by atoms with van der Waals surface area (Å²) in [6, 6.07) is 18.7. The van der Waals surface area contributed by atoms with Gasteiger partial charge in [-0.3, -0.25) is 14.6 Å². The number of rotatable bonds is 7. The molecule has 1 N–H and O–H groups in total. The molecule has 7 heteroatoms. The molecule has 0 fully saturated rings. The minimum atomic E-state index is -0.638. The van der Waals surface area contributed by atoms with Crippen LogP contribution >= 0.6 is 0 Å². The molecule has 2 amide bonds. The van der Waals surface area contributed by atoms with Gasteiger partial charge in [-0.25, -0.2) is 4.79 Å². The molecule has 170 valence electrons. The first-order valence-electron chi connectivity index (χ1n) is 10.6. The van der Waals surface area contributed by atoms with E-state index in [1.165, 1.54) is 11.9 Å². The fraction of sp³-hybridized carbons (Fsp3) is 0.231. The summed E-state index contributed by atoms with van der Waals surface area (Å²) in [6.45, 7) is 4.90. The van der Waals surface area contributed by atoms with Crippen molar-refractivity contribution in [1.82, 2.24) is 9.88 Å². The molecule has 3 rings (SSSR count). The van der Waals surface area contributed by atoms with Crippen molar-refractivity contribution >= 4 is 23.5 Å². The maximum absolute atomic E-state index is 12.5. The Kier molecular flexibility index (Phi) is 7.56. The molecular weight excluding hydrogens is 418 g/mol. The Hall–Kier alpha value is -4.00. The number of aromatic nitrogens is 1. The van der Waals surface area contributed by atoms with Gasteiger partial charge < -0.3 is 15.0 Å². The first-order valence-corrected chi connectivity index (χ1v) is 10.6. The monoisotopic (exact) mass is 445 g/mol. The lowest BCUT2D eigenvalue weighted by molar-refractivity contribution is -0.136. The van der Waals surface area contributed by atoms with Crippen LogP contribution in [0.1, 0.15) is 27.2 Å². The van der Waals surface area contributed by atoms with Gasteiger partial charge in [-0.05, 0) is 44.0 Å². The fourth-order valence-electron chi connectivity index (χ4n) is 3.36. The third kappa shape index (κ3) is 6.04. The summed E-state index contributed by atoms with van der Waals surface area (Å²) in [6.07, 6.45) is 0. The smallest absolute Gasteiger partial charge is 0.340 e. The van der Waals surface area contributed by atoms with Gasteiger partial charge in [0.1, 0.15) is 0 Å². The van der Waals surface area contributed by atoms with Gasteiger partial charge in [0.15, 0.2) is 6.61 Å². The van der Waals surface area contributed by atoms with Crippen LogP contribution in [-0.4, -0.2) is 47.9 Å². The summed E-state index contributed by atoms with van der Waals surface area (Å²) >= 11 is 0. The molecule has 33 heavy (non-hydrogen) atoms. The van der Waals surface area contributed by atoms with Crippen LogP contribution in [0.3, 0.4) is 0 Å². The third-order valence-corrected chi connectivity index (χ3v) is 5.25. The van der Waals surface area contributed by atoms with E-state index in [0.717, 1.165) is 28.1 Å². The quantitative estimate of drug-likeness (QED) is 0.557. The summed E-state index contributed by atoms with van der Waals surface area (Å²) in [5, 5.41) is 2.83. The molecule has 1 heterocycles. The second-order valence-electron chi connectivity index (χ2n) is 7.84. The minimum absolute atomic E-state index is 0.156. The number of anilines is 1. The maximum Gasteiger partial charge on any atom is 0.340 e. The second-order valence-corrected chi connectivity index (χ2v) is 7.84. The van der Waals surface area contributed by atoms with Gasteiger partial charge in [-0.1, -0.05) is 48.5 Å². The molecule has 0 aliphatic heterocycles. The second kappa shape index (κ2) is 10.5. The number of nitrogens with one attached hydrogen (secondary N) is 1. The van der Waals surface area contributed by atoms with Gasteiger partial charge in [-0.2, -0.15) is 0 Å². The number of carbonyl (C=O) groups is 3. The molecule has 0 saturated heterocycles. The lowest BCUT2D eigenvalue weighted by atomic mass is 10.1. The number of para-hydroxylation sites is 1. The highest BCUT2D eigenvalue weighted by molar-refractivity contribution is 5.96. The van der Waals surface area contributed by atoms with E-state index in [1.54, 1.807) is 19.1 Å². The van der Waals surface area contributed by atoms with Crippen molar-refractivity contribution in [2.45, 2.75) is 20.8 Å². The van der Waals surface area contributed by atoms with Crippen LogP contribution < -0.4 is 5.32 Å². The van der Waals surface area contributed by atoms with Gasteiger partial charge in [0.2, 0.25) is 5.91 Å². The Morgan fingerprint density at radius 3 is 2.21 bits per heavy atom.